The van der Waals surface area contributed by atoms with E-state index in [0.717, 1.165) is 5.75 Å². The van der Waals surface area contributed by atoms with E-state index in [4.69, 9.17) is 4.74 Å². The average Bonchev–Trinajstić information content (AvgIpc) is 2.27. The van der Waals surface area contributed by atoms with Crippen molar-refractivity contribution in [1.29, 1.82) is 0 Å². The van der Waals surface area contributed by atoms with Crippen LogP contribution in [0.15, 0.2) is 30.3 Å². The van der Waals surface area contributed by atoms with E-state index in [9.17, 15) is 0 Å². The summed E-state index contributed by atoms with van der Waals surface area (Å²) in [4.78, 5) is 0.360. The maximum absolute atomic E-state index is 5.98. The molecule has 0 radical (unpaired) electrons. The number of para-hydroxylation sites is 1. The molecule has 2 unspecified atom stereocenters. The Balaban J connectivity index is 2.45. The summed E-state index contributed by atoms with van der Waals surface area (Å²) in [5.41, 5.74) is 2.55. The van der Waals surface area contributed by atoms with Crippen molar-refractivity contribution in [2.75, 3.05) is 0 Å². The number of benzene rings is 1. The first-order valence-corrected chi connectivity index (χ1v) is 6.63. The second-order valence-electron chi connectivity index (χ2n) is 4.56. The van der Waals surface area contributed by atoms with Gasteiger partial charge in [-0.15, -0.1) is 0 Å². The second-order valence-corrected chi connectivity index (χ2v) is 5.93. The minimum Gasteiger partial charge on any atom is -0.485 e. The van der Waals surface area contributed by atoms with Gasteiger partial charge in [-0.3, -0.25) is 0 Å². The van der Waals surface area contributed by atoms with Gasteiger partial charge >= 0.3 is 0 Å². The van der Waals surface area contributed by atoms with E-state index >= 15 is 0 Å². The molecule has 1 aromatic carbocycles. The van der Waals surface area contributed by atoms with Gasteiger partial charge in [0.2, 0.25) is 0 Å². The van der Waals surface area contributed by atoms with Gasteiger partial charge in [-0.2, -0.15) is 0 Å². The Hall–Kier alpha value is -0.760. The smallest absolute Gasteiger partial charge is 0.127 e. The minimum absolute atomic E-state index is 0.185. The van der Waals surface area contributed by atoms with Crippen LogP contribution in [0.5, 0.6) is 5.75 Å². The standard InChI is InChI=1S/C14H17BrO/c1-9(2)14-8-12(10(3)15)11-6-4-5-7-13(11)16-14/h4-10,14H,1-3H3. The summed E-state index contributed by atoms with van der Waals surface area (Å²) >= 11 is 3.66. The van der Waals surface area contributed by atoms with Crippen LogP contribution in [-0.2, 0) is 0 Å². The average molecular weight is 281 g/mol. The fourth-order valence-corrected chi connectivity index (χ4v) is 2.33. The monoisotopic (exact) mass is 280 g/mol. The van der Waals surface area contributed by atoms with Crippen molar-refractivity contribution in [2.45, 2.75) is 31.7 Å². The molecule has 86 valence electrons. The Morgan fingerprint density at radius 2 is 1.88 bits per heavy atom. The van der Waals surface area contributed by atoms with Gasteiger partial charge in [0.25, 0.3) is 0 Å². The Bertz CT molecular complexity index is 407. The number of hydrogen-bond donors (Lipinski definition) is 0. The van der Waals surface area contributed by atoms with Gasteiger partial charge in [0.05, 0.1) is 0 Å². The molecule has 2 atom stereocenters. The molecular weight excluding hydrogens is 264 g/mol. The van der Waals surface area contributed by atoms with Crippen molar-refractivity contribution >= 4 is 21.5 Å². The van der Waals surface area contributed by atoms with Gasteiger partial charge in [0.15, 0.2) is 0 Å². The summed E-state index contributed by atoms with van der Waals surface area (Å²) in [5.74, 6) is 1.50. The van der Waals surface area contributed by atoms with Crippen molar-refractivity contribution in [2.24, 2.45) is 5.92 Å². The van der Waals surface area contributed by atoms with Gasteiger partial charge in [-0.25, -0.2) is 0 Å². The van der Waals surface area contributed by atoms with Crippen LogP contribution in [0.1, 0.15) is 26.3 Å². The van der Waals surface area contributed by atoms with Crippen LogP contribution in [0.4, 0.5) is 0 Å². The predicted molar refractivity (Wildman–Crippen MR) is 72.1 cm³/mol. The van der Waals surface area contributed by atoms with Crippen LogP contribution in [0.3, 0.4) is 0 Å². The van der Waals surface area contributed by atoms with Crippen LogP contribution >= 0.6 is 15.9 Å². The van der Waals surface area contributed by atoms with E-state index in [0.29, 0.717) is 10.7 Å². The topological polar surface area (TPSA) is 9.23 Å². The third-order valence-electron chi connectivity index (χ3n) is 2.89. The summed E-state index contributed by atoms with van der Waals surface area (Å²) in [6.45, 7) is 6.53. The van der Waals surface area contributed by atoms with Gasteiger partial charge in [0.1, 0.15) is 11.9 Å². The second kappa shape index (κ2) is 4.62. The minimum atomic E-state index is 0.185. The zero-order valence-electron chi connectivity index (χ0n) is 9.91. The maximum atomic E-state index is 5.98. The molecule has 0 aliphatic carbocycles. The molecule has 0 bridgehead atoms. The van der Waals surface area contributed by atoms with E-state index < -0.39 is 0 Å². The molecule has 1 aliphatic rings. The van der Waals surface area contributed by atoms with Gasteiger partial charge in [0, 0.05) is 10.4 Å². The van der Waals surface area contributed by atoms with E-state index in [1.165, 1.54) is 11.1 Å². The lowest BCUT2D eigenvalue weighted by molar-refractivity contribution is 0.193. The molecule has 1 nitrogen and oxygen atoms in total. The van der Waals surface area contributed by atoms with E-state index in [2.05, 4.69) is 54.9 Å². The molecular formula is C14H17BrO. The van der Waals surface area contributed by atoms with Crippen molar-refractivity contribution in [1.82, 2.24) is 0 Å². The molecule has 0 saturated carbocycles. The van der Waals surface area contributed by atoms with Crippen LogP contribution in [0.25, 0.3) is 5.57 Å². The first kappa shape index (κ1) is 11.7. The molecule has 0 amide bonds. The van der Waals surface area contributed by atoms with Crippen molar-refractivity contribution < 1.29 is 4.74 Å². The Kier molecular flexibility index (Phi) is 3.38. The van der Waals surface area contributed by atoms with Crippen molar-refractivity contribution in [3.05, 3.63) is 35.9 Å². The number of fused-ring (bicyclic) bond motifs is 1. The molecule has 2 rings (SSSR count). The molecule has 16 heavy (non-hydrogen) atoms. The van der Waals surface area contributed by atoms with E-state index in [1.807, 2.05) is 12.1 Å². The van der Waals surface area contributed by atoms with Gasteiger partial charge in [-0.05, 0) is 30.6 Å². The van der Waals surface area contributed by atoms with Crippen molar-refractivity contribution in [3.63, 3.8) is 0 Å². The summed E-state index contributed by atoms with van der Waals surface area (Å²) in [7, 11) is 0. The molecule has 1 aromatic rings. The molecule has 2 heteroatoms. The lowest BCUT2D eigenvalue weighted by atomic mass is 9.94. The fraction of sp³-hybridized carbons (Fsp3) is 0.429. The SMILES string of the molecule is CC(Br)C1=CC(C(C)C)Oc2ccccc21. The molecule has 0 spiro atoms. The number of allylic oxidation sites excluding steroid dienone is 1. The summed E-state index contributed by atoms with van der Waals surface area (Å²) in [6.07, 6.45) is 2.43. The summed E-state index contributed by atoms with van der Waals surface area (Å²) in [6, 6.07) is 8.25. The highest BCUT2D eigenvalue weighted by Gasteiger charge is 2.24. The lowest BCUT2D eigenvalue weighted by Gasteiger charge is -2.28. The number of ether oxygens (including phenoxy) is 1. The Morgan fingerprint density at radius 1 is 1.19 bits per heavy atom. The molecule has 1 heterocycles. The Labute approximate surface area is 106 Å². The normalized spacial score (nSPS) is 21.1. The third-order valence-corrected chi connectivity index (χ3v) is 3.38. The predicted octanol–water partition coefficient (Wildman–Crippen LogP) is 4.27. The molecule has 0 N–H and O–H groups in total. The van der Waals surface area contributed by atoms with Crippen LogP contribution < -0.4 is 4.74 Å². The van der Waals surface area contributed by atoms with Crippen LogP contribution in [0.2, 0.25) is 0 Å². The summed E-state index contributed by atoms with van der Waals surface area (Å²) < 4.78 is 5.98. The van der Waals surface area contributed by atoms with Crippen LogP contribution in [-0.4, -0.2) is 10.9 Å². The maximum Gasteiger partial charge on any atom is 0.127 e. The van der Waals surface area contributed by atoms with E-state index in [1.54, 1.807) is 0 Å². The molecule has 0 aromatic heterocycles. The van der Waals surface area contributed by atoms with Gasteiger partial charge in [-0.1, -0.05) is 48.0 Å². The zero-order valence-corrected chi connectivity index (χ0v) is 11.5. The number of alkyl halides is 1. The Morgan fingerprint density at radius 3 is 2.50 bits per heavy atom. The van der Waals surface area contributed by atoms with Crippen molar-refractivity contribution in [3.8, 4) is 5.75 Å². The largest absolute Gasteiger partial charge is 0.485 e. The highest BCUT2D eigenvalue weighted by molar-refractivity contribution is 9.09. The van der Waals surface area contributed by atoms with Gasteiger partial charge < -0.3 is 4.74 Å². The number of hydrogen-bond acceptors (Lipinski definition) is 1. The summed E-state index contributed by atoms with van der Waals surface area (Å²) in [5, 5.41) is 0. The quantitative estimate of drug-likeness (QED) is 0.735. The highest BCUT2D eigenvalue weighted by atomic mass is 79.9. The first-order valence-electron chi connectivity index (χ1n) is 5.71. The lowest BCUT2D eigenvalue weighted by Crippen LogP contribution is -2.25. The molecule has 0 fully saturated rings. The zero-order chi connectivity index (χ0) is 11.7. The molecule has 0 saturated heterocycles. The first-order chi connectivity index (χ1) is 7.59. The molecule has 1 aliphatic heterocycles. The number of halogens is 1. The van der Waals surface area contributed by atoms with Crippen LogP contribution in [0, 0.1) is 5.92 Å². The highest BCUT2D eigenvalue weighted by Crippen LogP contribution is 2.37. The third kappa shape index (κ3) is 2.17. The van der Waals surface area contributed by atoms with E-state index in [-0.39, 0.29) is 6.10 Å². The fourth-order valence-electron chi connectivity index (χ4n) is 1.93. The number of rotatable bonds is 2.